The second-order valence-corrected chi connectivity index (χ2v) is 2.37. The molecule has 0 spiro atoms. The molecule has 0 unspecified atom stereocenters. The molecular weight excluding hydrogens is 100 g/mol. The van der Waals surface area contributed by atoms with Gasteiger partial charge in [-0.05, 0) is 32.4 Å². The Kier molecular flexibility index (Phi) is 2.30. The quantitative estimate of drug-likeness (QED) is 0.534. The van der Waals surface area contributed by atoms with E-state index in [0.29, 0.717) is 0 Å². The lowest BCUT2D eigenvalue weighted by atomic mass is 10.2. The predicted molar refractivity (Wildman–Crippen MR) is 34.7 cm³/mol. The van der Waals surface area contributed by atoms with Gasteiger partial charge in [0.2, 0.25) is 0 Å². The Morgan fingerprint density at radius 3 is 3.00 bits per heavy atom. The molecule has 1 rings (SSSR count). The summed E-state index contributed by atoms with van der Waals surface area (Å²) in [7, 11) is 0. The van der Waals surface area contributed by atoms with Crippen molar-refractivity contribution < 1.29 is 0 Å². The molecule has 1 aliphatic heterocycles. The van der Waals surface area contributed by atoms with Gasteiger partial charge in [-0.3, -0.25) is 0 Å². The molecule has 1 fully saturated rings. The van der Waals surface area contributed by atoms with Gasteiger partial charge in [-0.1, -0.05) is 0 Å². The molecule has 0 aromatic rings. The van der Waals surface area contributed by atoms with Crippen molar-refractivity contribution in [3.05, 3.63) is 0 Å². The van der Waals surface area contributed by atoms with E-state index in [-0.39, 0.29) is 0 Å². The normalized spacial score (nSPS) is 28.9. The Hall–Kier alpha value is -0.0800. The molecule has 2 nitrogen and oxygen atoms in total. The van der Waals surface area contributed by atoms with Crippen molar-refractivity contribution in [1.29, 1.82) is 0 Å². The van der Waals surface area contributed by atoms with Gasteiger partial charge >= 0.3 is 0 Å². The van der Waals surface area contributed by atoms with E-state index in [1.54, 1.807) is 0 Å². The first-order valence-electron chi connectivity index (χ1n) is 3.37. The van der Waals surface area contributed by atoms with Crippen LogP contribution in [-0.2, 0) is 0 Å². The minimum atomic E-state index is 0.736. The van der Waals surface area contributed by atoms with Gasteiger partial charge in [0, 0.05) is 6.04 Å². The number of nitrogens with two attached hydrogens (primary N) is 1. The fourth-order valence-corrected chi connectivity index (χ4v) is 1.20. The summed E-state index contributed by atoms with van der Waals surface area (Å²) in [6.45, 7) is 2.03. The smallest absolute Gasteiger partial charge is 0.00795 e. The monoisotopic (exact) mass is 114 g/mol. The minimum absolute atomic E-state index is 0.736. The molecule has 2 heteroatoms. The van der Waals surface area contributed by atoms with Crippen LogP contribution < -0.4 is 11.1 Å². The maximum absolute atomic E-state index is 5.37. The highest BCUT2D eigenvalue weighted by molar-refractivity contribution is 4.73. The lowest BCUT2D eigenvalue weighted by Crippen LogP contribution is -2.24. The van der Waals surface area contributed by atoms with Crippen molar-refractivity contribution in [1.82, 2.24) is 5.32 Å². The highest BCUT2D eigenvalue weighted by Crippen LogP contribution is 2.06. The van der Waals surface area contributed by atoms with E-state index in [4.69, 9.17) is 5.73 Å². The van der Waals surface area contributed by atoms with Gasteiger partial charge < -0.3 is 11.1 Å². The molecule has 0 saturated carbocycles. The molecule has 1 atom stereocenters. The summed E-state index contributed by atoms with van der Waals surface area (Å²) in [5.41, 5.74) is 5.37. The number of hydrogen-bond donors (Lipinski definition) is 2. The third-order valence-corrected chi connectivity index (χ3v) is 1.68. The molecule has 0 aliphatic carbocycles. The molecule has 3 N–H and O–H groups in total. The van der Waals surface area contributed by atoms with Gasteiger partial charge in [0.25, 0.3) is 0 Å². The van der Waals surface area contributed by atoms with Gasteiger partial charge in [-0.25, -0.2) is 0 Å². The van der Waals surface area contributed by atoms with Crippen molar-refractivity contribution in [2.45, 2.75) is 25.3 Å². The molecule has 1 heterocycles. The topological polar surface area (TPSA) is 38.0 Å². The second-order valence-electron chi connectivity index (χ2n) is 2.37. The highest BCUT2D eigenvalue weighted by Gasteiger charge is 2.11. The number of nitrogens with one attached hydrogen (secondary N) is 1. The van der Waals surface area contributed by atoms with Crippen molar-refractivity contribution in [2.24, 2.45) is 5.73 Å². The number of hydrogen-bond acceptors (Lipinski definition) is 2. The van der Waals surface area contributed by atoms with E-state index >= 15 is 0 Å². The molecular formula is C6H14N2. The summed E-state index contributed by atoms with van der Waals surface area (Å²) in [6.07, 6.45) is 3.82. The Morgan fingerprint density at radius 2 is 2.50 bits per heavy atom. The summed E-state index contributed by atoms with van der Waals surface area (Å²) < 4.78 is 0. The Balaban J connectivity index is 2.06. The summed E-state index contributed by atoms with van der Waals surface area (Å²) >= 11 is 0. The number of rotatable bonds is 2. The van der Waals surface area contributed by atoms with Crippen LogP contribution in [0.2, 0.25) is 0 Å². The van der Waals surface area contributed by atoms with Crippen LogP contribution in [0.4, 0.5) is 0 Å². The van der Waals surface area contributed by atoms with Crippen molar-refractivity contribution in [2.75, 3.05) is 13.1 Å². The van der Waals surface area contributed by atoms with Crippen LogP contribution in [-0.4, -0.2) is 19.1 Å². The Labute approximate surface area is 50.4 Å². The SMILES string of the molecule is NCC[C@H]1CCCN1. The third kappa shape index (κ3) is 1.46. The molecule has 48 valence electrons. The van der Waals surface area contributed by atoms with Crippen LogP contribution in [0.15, 0.2) is 0 Å². The molecule has 0 radical (unpaired) electrons. The Morgan fingerprint density at radius 1 is 1.62 bits per heavy atom. The van der Waals surface area contributed by atoms with E-state index in [0.717, 1.165) is 19.0 Å². The zero-order valence-corrected chi connectivity index (χ0v) is 5.19. The van der Waals surface area contributed by atoms with Gasteiger partial charge in [0.15, 0.2) is 0 Å². The van der Waals surface area contributed by atoms with Crippen LogP contribution in [0.25, 0.3) is 0 Å². The molecule has 0 aromatic carbocycles. The molecule has 1 saturated heterocycles. The average Bonchev–Trinajstić information content (AvgIpc) is 2.19. The maximum atomic E-state index is 5.37. The van der Waals surface area contributed by atoms with Crippen LogP contribution in [0.1, 0.15) is 19.3 Å². The fraction of sp³-hybridized carbons (Fsp3) is 1.00. The average molecular weight is 114 g/mol. The summed E-state index contributed by atoms with van der Waals surface area (Å²) in [5, 5.41) is 3.38. The molecule has 0 aromatic heterocycles. The molecule has 1 aliphatic rings. The standard InChI is InChI=1S/C6H14N2/c7-4-3-6-2-1-5-8-6/h6,8H,1-5,7H2/t6-/m1/s1. The highest BCUT2D eigenvalue weighted by atomic mass is 14.9. The van der Waals surface area contributed by atoms with Crippen LogP contribution >= 0.6 is 0 Å². The third-order valence-electron chi connectivity index (χ3n) is 1.68. The van der Waals surface area contributed by atoms with Crippen molar-refractivity contribution >= 4 is 0 Å². The fourth-order valence-electron chi connectivity index (χ4n) is 1.20. The maximum Gasteiger partial charge on any atom is 0.00795 e. The minimum Gasteiger partial charge on any atom is -0.330 e. The van der Waals surface area contributed by atoms with E-state index in [1.807, 2.05) is 0 Å². The van der Waals surface area contributed by atoms with Gasteiger partial charge in [-0.2, -0.15) is 0 Å². The van der Waals surface area contributed by atoms with Gasteiger partial charge in [0.05, 0.1) is 0 Å². The molecule has 0 amide bonds. The van der Waals surface area contributed by atoms with Gasteiger partial charge in [0.1, 0.15) is 0 Å². The molecule has 0 bridgehead atoms. The van der Waals surface area contributed by atoms with Crippen LogP contribution in [0.3, 0.4) is 0 Å². The van der Waals surface area contributed by atoms with Crippen LogP contribution in [0.5, 0.6) is 0 Å². The largest absolute Gasteiger partial charge is 0.330 e. The first-order valence-corrected chi connectivity index (χ1v) is 3.37. The first kappa shape index (κ1) is 6.05. The van der Waals surface area contributed by atoms with Crippen molar-refractivity contribution in [3.63, 3.8) is 0 Å². The van der Waals surface area contributed by atoms with E-state index < -0.39 is 0 Å². The van der Waals surface area contributed by atoms with Gasteiger partial charge in [-0.15, -0.1) is 0 Å². The summed E-state index contributed by atoms with van der Waals surface area (Å²) in [4.78, 5) is 0. The van der Waals surface area contributed by atoms with Crippen LogP contribution in [0, 0.1) is 0 Å². The Bertz CT molecular complexity index is 57.5. The van der Waals surface area contributed by atoms with E-state index in [2.05, 4.69) is 5.32 Å². The second kappa shape index (κ2) is 3.05. The van der Waals surface area contributed by atoms with E-state index in [9.17, 15) is 0 Å². The first-order chi connectivity index (χ1) is 3.93. The lowest BCUT2D eigenvalue weighted by molar-refractivity contribution is 0.566. The predicted octanol–water partition coefficient (Wildman–Crippen LogP) is 0.0872. The summed E-state index contributed by atoms with van der Waals surface area (Å²) in [6, 6.07) is 0.736. The van der Waals surface area contributed by atoms with Crippen molar-refractivity contribution in [3.8, 4) is 0 Å². The zero-order valence-electron chi connectivity index (χ0n) is 5.19. The van der Waals surface area contributed by atoms with E-state index in [1.165, 1.54) is 19.4 Å². The zero-order chi connectivity index (χ0) is 5.82. The lowest BCUT2D eigenvalue weighted by Gasteiger charge is -2.05. The molecule has 8 heavy (non-hydrogen) atoms. The summed E-state index contributed by atoms with van der Waals surface area (Å²) in [5.74, 6) is 0.